The van der Waals surface area contributed by atoms with E-state index in [-0.39, 0.29) is 11.9 Å². The molecular weight excluding hydrogens is 270 g/mol. The van der Waals surface area contributed by atoms with E-state index in [0.717, 1.165) is 12.2 Å². The zero-order valence-electron chi connectivity index (χ0n) is 12.6. The van der Waals surface area contributed by atoms with Crippen LogP contribution in [0.15, 0.2) is 24.3 Å². The molecular formula is C15H23N3O3. The summed E-state index contributed by atoms with van der Waals surface area (Å²) in [6.45, 7) is 5.39. The van der Waals surface area contributed by atoms with Crippen LogP contribution in [-0.4, -0.2) is 38.2 Å². The van der Waals surface area contributed by atoms with Gasteiger partial charge in [0.1, 0.15) is 5.75 Å². The summed E-state index contributed by atoms with van der Waals surface area (Å²) in [5.74, 6) is 0.728. The van der Waals surface area contributed by atoms with Crippen molar-refractivity contribution in [1.29, 1.82) is 0 Å². The average Bonchev–Trinajstić information content (AvgIpc) is 2.45. The maximum absolute atomic E-state index is 11.4. The monoisotopic (exact) mass is 293 g/mol. The highest BCUT2D eigenvalue weighted by Crippen LogP contribution is 2.11. The fourth-order valence-corrected chi connectivity index (χ4v) is 1.58. The first-order valence-corrected chi connectivity index (χ1v) is 7.03. The fraction of sp³-hybridized carbons (Fsp3) is 0.467. The Morgan fingerprint density at radius 1 is 1.00 bits per heavy atom. The van der Waals surface area contributed by atoms with E-state index >= 15 is 0 Å². The number of hydrogen-bond donors (Lipinski definition) is 3. The van der Waals surface area contributed by atoms with Gasteiger partial charge < -0.3 is 20.7 Å². The van der Waals surface area contributed by atoms with Crippen LogP contribution >= 0.6 is 0 Å². The SMILES string of the molecule is CC(=O)NCCNC(=O)NCCCOc1ccc(C)cc1. The van der Waals surface area contributed by atoms with Crippen molar-refractivity contribution in [3.63, 3.8) is 0 Å². The van der Waals surface area contributed by atoms with E-state index in [1.807, 2.05) is 31.2 Å². The van der Waals surface area contributed by atoms with Crippen LogP contribution in [0.25, 0.3) is 0 Å². The lowest BCUT2D eigenvalue weighted by Crippen LogP contribution is -2.40. The molecule has 21 heavy (non-hydrogen) atoms. The Bertz CT molecular complexity index is 446. The van der Waals surface area contributed by atoms with Crippen molar-refractivity contribution < 1.29 is 14.3 Å². The number of ether oxygens (including phenoxy) is 1. The number of hydrogen-bond acceptors (Lipinski definition) is 3. The molecule has 0 aromatic heterocycles. The molecule has 0 aliphatic rings. The second-order valence-electron chi connectivity index (χ2n) is 4.68. The molecule has 0 aliphatic heterocycles. The van der Waals surface area contributed by atoms with Gasteiger partial charge in [0.25, 0.3) is 0 Å². The van der Waals surface area contributed by atoms with Gasteiger partial charge in [-0.05, 0) is 25.5 Å². The van der Waals surface area contributed by atoms with Crippen molar-refractivity contribution in [1.82, 2.24) is 16.0 Å². The standard InChI is InChI=1S/C15H23N3O3/c1-12-4-6-14(7-5-12)21-11-3-8-17-15(20)18-10-9-16-13(2)19/h4-7H,3,8-11H2,1-2H3,(H,16,19)(H2,17,18,20). The number of urea groups is 1. The minimum atomic E-state index is -0.240. The fourth-order valence-electron chi connectivity index (χ4n) is 1.58. The summed E-state index contributed by atoms with van der Waals surface area (Å²) in [6.07, 6.45) is 0.729. The van der Waals surface area contributed by atoms with Crippen LogP contribution in [0.2, 0.25) is 0 Å². The van der Waals surface area contributed by atoms with Gasteiger partial charge in [-0.2, -0.15) is 0 Å². The third-order valence-electron chi connectivity index (χ3n) is 2.68. The number of amides is 3. The van der Waals surface area contributed by atoms with Crippen molar-refractivity contribution in [3.05, 3.63) is 29.8 Å². The predicted octanol–water partition coefficient (Wildman–Crippen LogP) is 1.20. The summed E-state index contributed by atoms with van der Waals surface area (Å²) in [4.78, 5) is 22.0. The van der Waals surface area contributed by atoms with E-state index in [9.17, 15) is 9.59 Å². The average molecular weight is 293 g/mol. The summed E-state index contributed by atoms with van der Waals surface area (Å²) in [5, 5.41) is 7.97. The zero-order chi connectivity index (χ0) is 15.5. The Hall–Kier alpha value is -2.24. The molecule has 6 heteroatoms. The number of aryl methyl sites for hydroxylation is 1. The Kier molecular flexibility index (Phi) is 7.71. The van der Waals surface area contributed by atoms with Crippen molar-refractivity contribution >= 4 is 11.9 Å². The number of benzene rings is 1. The molecule has 116 valence electrons. The zero-order valence-corrected chi connectivity index (χ0v) is 12.6. The van der Waals surface area contributed by atoms with Gasteiger partial charge in [0.2, 0.25) is 5.91 Å². The van der Waals surface area contributed by atoms with Crippen molar-refractivity contribution in [2.75, 3.05) is 26.2 Å². The molecule has 1 aromatic rings. The Balaban J connectivity index is 1.99. The highest BCUT2D eigenvalue weighted by atomic mass is 16.5. The molecule has 1 rings (SSSR count). The first-order valence-electron chi connectivity index (χ1n) is 7.03. The van der Waals surface area contributed by atoms with Crippen LogP contribution < -0.4 is 20.7 Å². The maximum Gasteiger partial charge on any atom is 0.314 e. The molecule has 0 unspecified atom stereocenters. The molecule has 0 atom stereocenters. The van der Waals surface area contributed by atoms with E-state index in [2.05, 4.69) is 16.0 Å². The lowest BCUT2D eigenvalue weighted by atomic mass is 10.2. The topological polar surface area (TPSA) is 79.5 Å². The first kappa shape index (κ1) is 16.8. The Morgan fingerprint density at radius 3 is 2.29 bits per heavy atom. The second-order valence-corrected chi connectivity index (χ2v) is 4.68. The molecule has 3 N–H and O–H groups in total. The van der Waals surface area contributed by atoms with Crippen molar-refractivity contribution in [2.24, 2.45) is 0 Å². The molecule has 0 saturated heterocycles. The molecule has 1 aromatic carbocycles. The van der Waals surface area contributed by atoms with Crippen LogP contribution in [0.3, 0.4) is 0 Å². The molecule has 0 saturated carbocycles. The minimum absolute atomic E-state index is 0.106. The normalized spacial score (nSPS) is 9.81. The summed E-state index contributed by atoms with van der Waals surface area (Å²) in [7, 11) is 0. The second kappa shape index (κ2) is 9.63. The van der Waals surface area contributed by atoms with Crippen LogP contribution in [0, 0.1) is 6.92 Å². The number of carbonyl (C=O) groups excluding carboxylic acids is 2. The van der Waals surface area contributed by atoms with Crippen LogP contribution in [-0.2, 0) is 4.79 Å². The molecule has 6 nitrogen and oxygen atoms in total. The minimum Gasteiger partial charge on any atom is -0.494 e. The van der Waals surface area contributed by atoms with Gasteiger partial charge in [0.05, 0.1) is 6.61 Å². The predicted molar refractivity (Wildman–Crippen MR) is 81.4 cm³/mol. The van der Waals surface area contributed by atoms with Crippen LogP contribution in [0.4, 0.5) is 4.79 Å². The van der Waals surface area contributed by atoms with Gasteiger partial charge in [-0.3, -0.25) is 4.79 Å². The van der Waals surface area contributed by atoms with Gasteiger partial charge in [0, 0.05) is 26.6 Å². The molecule has 0 heterocycles. The molecule has 0 fully saturated rings. The summed E-state index contributed by atoms with van der Waals surface area (Å²) >= 11 is 0. The van der Waals surface area contributed by atoms with E-state index in [4.69, 9.17) is 4.74 Å². The van der Waals surface area contributed by atoms with Gasteiger partial charge in [-0.1, -0.05) is 17.7 Å². The van der Waals surface area contributed by atoms with Gasteiger partial charge >= 0.3 is 6.03 Å². The number of rotatable bonds is 8. The van der Waals surface area contributed by atoms with Gasteiger partial charge in [-0.15, -0.1) is 0 Å². The van der Waals surface area contributed by atoms with E-state index in [1.54, 1.807) is 0 Å². The third-order valence-corrected chi connectivity index (χ3v) is 2.68. The first-order chi connectivity index (χ1) is 10.1. The van der Waals surface area contributed by atoms with Crippen molar-refractivity contribution in [2.45, 2.75) is 20.3 Å². The lowest BCUT2D eigenvalue weighted by molar-refractivity contribution is -0.118. The van der Waals surface area contributed by atoms with E-state index in [0.29, 0.717) is 26.2 Å². The van der Waals surface area contributed by atoms with Gasteiger partial charge in [-0.25, -0.2) is 4.79 Å². The van der Waals surface area contributed by atoms with Crippen LogP contribution in [0.5, 0.6) is 5.75 Å². The molecule has 0 aliphatic carbocycles. The number of carbonyl (C=O) groups is 2. The van der Waals surface area contributed by atoms with Gasteiger partial charge in [0.15, 0.2) is 0 Å². The summed E-state index contributed by atoms with van der Waals surface area (Å²) in [6, 6.07) is 7.61. The van der Waals surface area contributed by atoms with E-state index in [1.165, 1.54) is 12.5 Å². The summed E-state index contributed by atoms with van der Waals surface area (Å²) < 4.78 is 5.55. The highest BCUT2D eigenvalue weighted by Gasteiger charge is 1.99. The Morgan fingerprint density at radius 2 is 1.62 bits per heavy atom. The van der Waals surface area contributed by atoms with Crippen LogP contribution in [0.1, 0.15) is 18.9 Å². The smallest absolute Gasteiger partial charge is 0.314 e. The highest BCUT2D eigenvalue weighted by molar-refractivity contribution is 5.74. The largest absolute Gasteiger partial charge is 0.494 e. The quantitative estimate of drug-likeness (QED) is 0.630. The molecule has 0 spiro atoms. The molecule has 3 amide bonds. The van der Waals surface area contributed by atoms with E-state index < -0.39 is 0 Å². The number of nitrogens with one attached hydrogen (secondary N) is 3. The molecule has 0 bridgehead atoms. The maximum atomic E-state index is 11.4. The molecule has 0 radical (unpaired) electrons. The summed E-state index contributed by atoms with van der Waals surface area (Å²) in [5.41, 5.74) is 1.19. The van der Waals surface area contributed by atoms with Crippen molar-refractivity contribution in [3.8, 4) is 5.75 Å². The lowest BCUT2D eigenvalue weighted by Gasteiger charge is -2.09. The Labute approximate surface area is 125 Å². The third kappa shape index (κ3) is 8.52.